The SMILES string of the molecule is O=C(CCCc1nc2ccccc2c(=O)[nH]1)Nc1nc2ccc(Oc3ccccc3)cc2s1. The Morgan fingerprint density at radius 2 is 1.76 bits per heavy atom. The second kappa shape index (κ2) is 9.22. The number of thiazole rings is 1. The largest absolute Gasteiger partial charge is 0.457 e. The van der Waals surface area contributed by atoms with E-state index in [-0.39, 0.29) is 11.5 Å². The summed E-state index contributed by atoms with van der Waals surface area (Å²) in [5.74, 6) is 1.93. The molecule has 2 aromatic heterocycles. The van der Waals surface area contributed by atoms with Gasteiger partial charge in [-0.15, -0.1) is 0 Å². The number of aromatic nitrogens is 3. The van der Waals surface area contributed by atoms with E-state index in [0.29, 0.717) is 46.9 Å². The molecule has 33 heavy (non-hydrogen) atoms. The summed E-state index contributed by atoms with van der Waals surface area (Å²) in [5.41, 5.74) is 1.30. The Balaban J connectivity index is 1.19. The minimum atomic E-state index is -0.162. The fourth-order valence-corrected chi connectivity index (χ4v) is 4.41. The fraction of sp³-hybridized carbons (Fsp3) is 0.120. The molecule has 8 heteroatoms. The van der Waals surface area contributed by atoms with E-state index in [4.69, 9.17) is 4.74 Å². The lowest BCUT2D eigenvalue weighted by molar-refractivity contribution is -0.116. The second-order valence-corrected chi connectivity index (χ2v) is 8.53. The average molecular weight is 457 g/mol. The molecule has 0 saturated carbocycles. The molecule has 0 saturated heterocycles. The molecule has 0 unspecified atom stereocenters. The monoisotopic (exact) mass is 456 g/mol. The number of para-hydroxylation sites is 2. The topological polar surface area (TPSA) is 97.0 Å². The van der Waals surface area contributed by atoms with Crippen LogP contribution in [0.4, 0.5) is 5.13 Å². The highest BCUT2D eigenvalue weighted by atomic mass is 32.1. The van der Waals surface area contributed by atoms with E-state index in [9.17, 15) is 9.59 Å². The molecule has 3 aromatic carbocycles. The number of benzene rings is 3. The normalized spacial score (nSPS) is 11.0. The van der Waals surface area contributed by atoms with Crippen LogP contribution in [0.2, 0.25) is 0 Å². The molecule has 164 valence electrons. The predicted octanol–water partition coefficient (Wildman–Crippen LogP) is 5.29. The van der Waals surface area contributed by atoms with Crippen molar-refractivity contribution in [2.75, 3.05) is 5.32 Å². The second-order valence-electron chi connectivity index (χ2n) is 7.50. The number of hydrogen-bond donors (Lipinski definition) is 2. The zero-order chi connectivity index (χ0) is 22.6. The van der Waals surface area contributed by atoms with E-state index in [1.807, 2.05) is 66.7 Å². The van der Waals surface area contributed by atoms with E-state index in [1.165, 1.54) is 11.3 Å². The van der Waals surface area contributed by atoms with Gasteiger partial charge in [0.1, 0.15) is 17.3 Å². The van der Waals surface area contributed by atoms with Crippen LogP contribution in [0.5, 0.6) is 11.5 Å². The summed E-state index contributed by atoms with van der Waals surface area (Å²) in [6, 6.07) is 22.4. The van der Waals surface area contributed by atoms with E-state index in [1.54, 1.807) is 6.07 Å². The number of nitrogens with zero attached hydrogens (tertiary/aromatic N) is 2. The van der Waals surface area contributed by atoms with Crippen molar-refractivity contribution in [1.29, 1.82) is 0 Å². The van der Waals surface area contributed by atoms with Gasteiger partial charge in [0.05, 0.1) is 21.1 Å². The number of rotatable bonds is 7. The zero-order valence-electron chi connectivity index (χ0n) is 17.6. The van der Waals surface area contributed by atoms with Crippen molar-refractivity contribution in [2.24, 2.45) is 0 Å². The highest BCUT2D eigenvalue weighted by molar-refractivity contribution is 7.22. The summed E-state index contributed by atoms with van der Waals surface area (Å²) in [6.07, 6.45) is 1.37. The molecule has 0 aliphatic carbocycles. The standard InChI is InChI=1S/C25H20N4O3S/c30-23(12-6-11-22-26-19-10-5-4-9-18(19)24(31)28-22)29-25-27-20-14-13-17(15-21(20)33-25)32-16-7-2-1-3-8-16/h1-5,7-10,13-15H,6,11-12H2,(H,26,28,31)(H,27,29,30). The first-order valence-electron chi connectivity index (χ1n) is 10.6. The zero-order valence-corrected chi connectivity index (χ0v) is 18.4. The number of nitrogens with one attached hydrogen (secondary N) is 2. The molecule has 0 atom stereocenters. The number of carbonyl (C=O) groups excluding carboxylic acids is 1. The van der Waals surface area contributed by atoms with E-state index >= 15 is 0 Å². The van der Waals surface area contributed by atoms with E-state index < -0.39 is 0 Å². The average Bonchev–Trinajstić information content (AvgIpc) is 3.21. The van der Waals surface area contributed by atoms with Crippen LogP contribution in [-0.2, 0) is 11.2 Å². The number of carbonyl (C=O) groups is 1. The Morgan fingerprint density at radius 1 is 0.939 bits per heavy atom. The molecule has 2 heterocycles. The molecule has 0 spiro atoms. The molecular weight excluding hydrogens is 436 g/mol. The maximum absolute atomic E-state index is 12.4. The van der Waals surface area contributed by atoms with Crippen molar-refractivity contribution >= 4 is 43.5 Å². The summed E-state index contributed by atoms with van der Waals surface area (Å²) in [4.78, 5) is 36.3. The highest BCUT2D eigenvalue weighted by Crippen LogP contribution is 2.31. The minimum absolute atomic E-state index is 0.127. The number of aryl methyl sites for hydroxylation is 1. The molecule has 0 fully saturated rings. The van der Waals surface area contributed by atoms with Gasteiger partial charge in [0.25, 0.3) is 5.56 Å². The third-order valence-electron chi connectivity index (χ3n) is 5.06. The van der Waals surface area contributed by atoms with Crippen LogP contribution < -0.4 is 15.6 Å². The summed E-state index contributed by atoms with van der Waals surface area (Å²) < 4.78 is 6.80. The predicted molar refractivity (Wildman–Crippen MR) is 130 cm³/mol. The lowest BCUT2D eigenvalue weighted by Gasteiger charge is -2.04. The number of hydrogen-bond acceptors (Lipinski definition) is 6. The highest BCUT2D eigenvalue weighted by Gasteiger charge is 2.10. The Labute approximate surface area is 193 Å². The molecule has 2 N–H and O–H groups in total. The van der Waals surface area contributed by atoms with Crippen molar-refractivity contribution in [3.8, 4) is 11.5 Å². The van der Waals surface area contributed by atoms with Gasteiger partial charge >= 0.3 is 0 Å². The fourth-order valence-electron chi connectivity index (χ4n) is 3.50. The first-order chi connectivity index (χ1) is 16.1. The van der Waals surface area contributed by atoms with Gasteiger partial charge in [-0.1, -0.05) is 41.7 Å². The molecule has 0 aliphatic rings. The molecular formula is C25H20N4O3S. The number of ether oxygens (including phenoxy) is 1. The molecule has 1 amide bonds. The summed E-state index contributed by atoms with van der Waals surface area (Å²) in [6.45, 7) is 0. The number of amides is 1. The molecule has 0 aliphatic heterocycles. The van der Waals surface area contributed by atoms with Crippen LogP contribution >= 0.6 is 11.3 Å². The molecule has 5 aromatic rings. The molecule has 5 rings (SSSR count). The van der Waals surface area contributed by atoms with Gasteiger partial charge in [0.15, 0.2) is 5.13 Å². The van der Waals surface area contributed by atoms with Crippen molar-refractivity contribution in [3.63, 3.8) is 0 Å². The first-order valence-corrected chi connectivity index (χ1v) is 11.4. The van der Waals surface area contributed by atoms with Gasteiger partial charge < -0.3 is 15.0 Å². The lowest BCUT2D eigenvalue weighted by Crippen LogP contribution is -2.14. The van der Waals surface area contributed by atoms with Gasteiger partial charge in [-0.3, -0.25) is 9.59 Å². The van der Waals surface area contributed by atoms with Gasteiger partial charge in [-0.25, -0.2) is 9.97 Å². The maximum atomic E-state index is 12.4. The Morgan fingerprint density at radius 3 is 2.64 bits per heavy atom. The van der Waals surface area contributed by atoms with Crippen molar-refractivity contribution in [1.82, 2.24) is 15.0 Å². The van der Waals surface area contributed by atoms with Crippen LogP contribution in [0.15, 0.2) is 77.6 Å². The molecule has 0 radical (unpaired) electrons. The van der Waals surface area contributed by atoms with E-state index in [0.717, 1.165) is 16.0 Å². The van der Waals surface area contributed by atoms with Crippen molar-refractivity contribution < 1.29 is 9.53 Å². The van der Waals surface area contributed by atoms with Gasteiger partial charge in [0, 0.05) is 18.9 Å². The summed E-state index contributed by atoms with van der Waals surface area (Å²) in [7, 11) is 0. The lowest BCUT2D eigenvalue weighted by atomic mass is 10.2. The first kappa shape index (κ1) is 20.8. The number of aromatic amines is 1. The number of anilines is 1. The van der Waals surface area contributed by atoms with Crippen LogP contribution in [0.3, 0.4) is 0 Å². The number of H-pyrrole nitrogens is 1. The molecule has 7 nitrogen and oxygen atoms in total. The van der Waals surface area contributed by atoms with Gasteiger partial charge in [-0.05, 0) is 42.8 Å². The quantitative estimate of drug-likeness (QED) is 0.347. The van der Waals surface area contributed by atoms with Gasteiger partial charge in [0.2, 0.25) is 5.91 Å². The Hall–Kier alpha value is -4.04. The van der Waals surface area contributed by atoms with Crippen molar-refractivity contribution in [3.05, 3.63) is 89.0 Å². The van der Waals surface area contributed by atoms with Crippen molar-refractivity contribution in [2.45, 2.75) is 19.3 Å². The van der Waals surface area contributed by atoms with E-state index in [2.05, 4.69) is 20.3 Å². The van der Waals surface area contributed by atoms with Crippen LogP contribution in [0, 0.1) is 0 Å². The van der Waals surface area contributed by atoms with Crippen LogP contribution in [-0.4, -0.2) is 20.9 Å². The third kappa shape index (κ3) is 4.91. The number of fused-ring (bicyclic) bond motifs is 2. The van der Waals surface area contributed by atoms with Crippen LogP contribution in [0.25, 0.3) is 21.1 Å². The molecule has 0 bridgehead atoms. The smallest absolute Gasteiger partial charge is 0.258 e. The Kier molecular flexibility index (Phi) is 5.82. The third-order valence-corrected chi connectivity index (χ3v) is 6.00. The Bertz CT molecular complexity index is 1490. The summed E-state index contributed by atoms with van der Waals surface area (Å²) in [5, 5.41) is 3.97. The van der Waals surface area contributed by atoms with Crippen LogP contribution in [0.1, 0.15) is 18.7 Å². The minimum Gasteiger partial charge on any atom is -0.457 e. The van der Waals surface area contributed by atoms with Gasteiger partial charge in [-0.2, -0.15) is 0 Å². The maximum Gasteiger partial charge on any atom is 0.258 e. The summed E-state index contributed by atoms with van der Waals surface area (Å²) >= 11 is 1.40.